The highest BCUT2D eigenvalue weighted by Crippen LogP contribution is 2.49. The van der Waals surface area contributed by atoms with Gasteiger partial charge in [-0.3, -0.25) is 4.79 Å². The van der Waals surface area contributed by atoms with Crippen LogP contribution in [0.1, 0.15) is 17.2 Å². The normalized spacial score (nSPS) is 16.0. The molecule has 0 bridgehead atoms. The van der Waals surface area contributed by atoms with Gasteiger partial charge in [0.1, 0.15) is 12.1 Å². The van der Waals surface area contributed by atoms with Gasteiger partial charge in [0.25, 0.3) is 0 Å². The smallest absolute Gasteiger partial charge is 0.322 e. The predicted octanol–water partition coefficient (Wildman–Crippen LogP) is 3.85. The fourth-order valence-electron chi connectivity index (χ4n) is 3.52. The fourth-order valence-corrected chi connectivity index (χ4v) is 3.52. The number of hydrogen-bond acceptors (Lipinski definition) is 3. The van der Waals surface area contributed by atoms with Crippen molar-refractivity contribution < 1.29 is 14.6 Å². The predicted molar refractivity (Wildman–Crippen MR) is 101 cm³/mol. The topological polar surface area (TPSA) is 72.5 Å². The van der Waals surface area contributed by atoms with E-state index >= 15 is 0 Å². The summed E-state index contributed by atoms with van der Waals surface area (Å²) < 4.78 is 6.04. The summed E-state index contributed by atoms with van der Waals surface area (Å²) in [6, 6.07) is 23.4. The lowest BCUT2D eigenvalue weighted by atomic mass is 9.94. The van der Waals surface area contributed by atoms with Crippen molar-refractivity contribution in [3.05, 3.63) is 83.9 Å². The number of carboxylic acid groups (broad SMARTS) is 1. The molecule has 0 saturated carbocycles. The Labute approximate surface area is 151 Å². The van der Waals surface area contributed by atoms with E-state index in [0.717, 1.165) is 33.4 Å². The number of carboxylic acids is 1. The molecule has 0 fully saturated rings. The molecule has 0 aliphatic heterocycles. The van der Waals surface area contributed by atoms with Crippen LogP contribution in [-0.2, 0) is 9.53 Å². The lowest BCUT2D eigenvalue weighted by Crippen LogP contribution is -2.35. The zero-order chi connectivity index (χ0) is 18.1. The van der Waals surface area contributed by atoms with Crippen LogP contribution < -0.4 is 5.73 Å². The SMILES string of the molecule is N[C@@H](COC1c2ccccc2-c2cccc(-c3ccccc3)c21)C(=O)O. The number of hydrogen-bond donors (Lipinski definition) is 2. The van der Waals surface area contributed by atoms with E-state index in [4.69, 9.17) is 15.6 Å². The van der Waals surface area contributed by atoms with E-state index in [1.54, 1.807) is 0 Å². The van der Waals surface area contributed by atoms with Gasteiger partial charge in [0, 0.05) is 5.56 Å². The second kappa shape index (κ2) is 6.75. The highest BCUT2D eigenvalue weighted by molar-refractivity contribution is 5.86. The van der Waals surface area contributed by atoms with Crippen molar-refractivity contribution in [2.24, 2.45) is 5.73 Å². The van der Waals surface area contributed by atoms with E-state index in [2.05, 4.69) is 30.3 Å². The van der Waals surface area contributed by atoms with Gasteiger partial charge in [-0.15, -0.1) is 0 Å². The first-order valence-corrected chi connectivity index (χ1v) is 8.54. The Kier molecular flexibility index (Phi) is 4.29. The summed E-state index contributed by atoms with van der Waals surface area (Å²) in [6.45, 7) is -0.0447. The number of aliphatic carboxylic acids is 1. The second-order valence-electron chi connectivity index (χ2n) is 6.38. The molecule has 3 aromatic rings. The third-order valence-corrected chi connectivity index (χ3v) is 4.75. The highest BCUT2D eigenvalue weighted by Gasteiger charge is 2.32. The lowest BCUT2D eigenvalue weighted by Gasteiger charge is -2.19. The molecule has 1 unspecified atom stereocenters. The average Bonchev–Trinajstić information content (AvgIpc) is 3.00. The third-order valence-electron chi connectivity index (χ3n) is 4.75. The van der Waals surface area contributed by atoms with Gasteiger partial charge in [-0.2, -0.15) is 0 Å². The van der Waals surface area contributed by atoms with Crippen LogP contribution in [0.25, 0.3) is 22.3 Å². The molecule has 0 aromatic heterocycles. The first-order chi connectivity index (χ1) is 12.7. The first-order valence-electron chi connectivity index (χ1n) is 8.54. The molecule has 26 heavy (non-hydrogen) atoms. The highest BCUT2D eigenvalue weighted by atomic mass is 16.5. The molecule has 0 spiro atoms. The minimum atomic E-state index is -1.06. The monoisotopic (exact) mass is 345 g/mol. The van der Waals surface area contributed by atoms with Crippen LogP contribution in [0, 0.1) is 0 Å². The Balaban J connectivity index is 1.82. The van der Waals surface area contributed by atoms with Gasteiger partial charge in [0.05, 0.1) is 6.61 Å². The Hall–Kier alpha value is -2.95. The van der Waals surface area contributed by atoms with Gasteiger partial charge < -0.3 is 15.6 Å². The Bertz CT molecular complexity index is 953. The van der Waals surface area contributed by atoms with Crippen molar-refractivity contribution in [1.29, 1.82) is 0 Å². The van der Waals surface area contributed by atoms with Crippen LogP contribution in [-0.4, -0.2) is 23.7 Å². The summed E-state index contributed by atoms with van der Waals surface area (Å²) in [4.78, 5) is 11.1. The van der Waals surface area contributed by atoms with Gasteiger partial charge in [0.2, 0.25) is 0 Å². The summed E-state index contributed by atoms with van der Waals surface area (Å²) in [5, 5.41) is 9.07. The number of carbonyl (C=O) groups is 1. The van der Waals surface area contributed by atoms with Crippen molar-refractivity contribution in [2.45, 2.75) is 12.1 Å². The summed E-state index contributed by atoms with van der Waals surface area (Å²) in [5.41, 5.74) is 12.2. The van der Waals surface area contributed by atoms with Crippen molar-refractivity contribution in [3.8, 4) is 22.3 Å². The maximum atomic E-state index is 11.1. The summed E-state index contributed by atoms with van der Waals surface area (Å²) >= 11 is 0. The molecule has 0 amide bonds. The molecular weight excluding hydrogens is 326 g/mol. The average molecular weight is 345 g/mol. The number of fused-ring (bicyclic) bond motifs is 3. The Morgan fingerprint density at radius 1 is 0.923 bits per heavy atom. The van der Waals surface area contributed by atoms with E-state index < -0.39 is 12.0 Å². The van der Waals surface area contributed by atoms with Crippen LogP contribution >= 0.6 is 0 Å². The van der Waals surface area contributed by atoms with Crippen LogP contribution in [0.4, 0.5) is 0 Å². The molecule has 4 rings (SSSR count). The fraction of sp³-hybridized carbons (Fsp3) is 0.136. The van der Waals surface area contributed by atoms with Crippen LogP contribution in [0.5, 0.6) is 0 Å². The molecule has 3 N–H and O–H groups in total. The van der Waals surface area contributed by atoms with E-state index in [-0.39, 0.29) is 12.7 Å². The zero-order valence-electron chi connectivity index (χ0n) is 14.1. The molecule has 0 heterocycles. The number of nitrogens with two attached hydrogens (primary N) is 1. The summed E-state index contributed by atoms with van der Waals surface area (Å²) in [6.07, 6.45) is -0.331. The van der Waals surface area contributed by atoms with Crippen molar-refractivity contribution in [1.82, 2.24) is 0 Å². The lowest BCUT2D eigenvalue weighted by molar-refractivity contribution is -0.140. The van der Waals surface area contributed by atoms with E-state index in [9.17, 15) is 4.79 Å². The molecule has 130 valence electrons. The van der Waals surface area contributed by atoms with Crippen LogP contribution in [0.2, 0.25) is 0 Å². The minimum absolute atomic E-state index is 0.0447. The molecule has 0 saturated heterocycles. The molecule has 0 radical (unpaired) electrons. The van der Waals surface area contributed by atoms with E-state index in [0.29, 0.717) is 0 Å². The van der Waals surface area contributed by atoms with Crippen LogP contribution in [0.15, 0.2) is 72.8 Å². The van der Waals surface area contributed by atoms with E-state index in [1.165, 1.54) is 0 Å². The summed E-state index contributed by atoms with van der Waals surface area (Å²) in [7, 11) is 0. The molecule has 1 aliphatic rings. The number of benzene rings is 3. The molecular formula is C22H19NO3. The van der Waals surface area contributed by atoms with E-state index in [1.807, 2.05) is 42.5 Å². The maximum Gasteiger partial charge on any atom is 0.322 e. The zero-order valence-corrected chi connectivity index (χ0v) is 14.1. The van der Waals surface area contributed by atoms with Crippen molar-refractivity contribution >= 4 is 5.97 Å². The van der Waals surface area contributed by atoms with Crippen LogP contribution in [0.3, 0.4) is 0 Å². The maximum absolute atomic E-state index is 11.1. The van der Waals surface area contributed by atoms with Gasteiger partial charge in [0.15, 0.2) is 0 Å². The van der Waals surface area contributed by atoms with Gasteiger partial charge in [-0.1, -0.05) is 72.8 Å². The molecule has 1 aliphatic carbocycles. The van der Waals surface area contributed by atoms with Crippen molar-refractivity contribution in [2.75, 3.05) is 6.61 Å². The molecule has 4 nitrogen and oxygen atoms in total. The van der Waals surface area contributed by atoms with Gasteiger partial charge >= 0.3 is 5.97 Å². The Morgan fingerprint density at radius 2 is 1.58 bits per heavy atom. The molecule has 2 atom stereocenters. The Morgan fingerprint density at radius 3 is 2.35 bits per heavy atom. The first kappa shape index (κ1) is 16.5. The number of ether oxygens (including phenoxy) is 1. The summed E-state index contributed by atoms with van der Waals surface area (Å²) in [5.74, 6) is -1.06. The molecule has 3 aromatic carbocycles. The standard InChI is InChI=1S/C22H19NO3/c23-19(22(24)25)13-26-21-18-10-5-4-9-16(18)17-12-6-11-15(20(17)21)14-7-2-1-3-8-14/h1-12,19,21H,13,23H2,(H,24,25)/t19-,21?/m0/s1. The van der Waals surface area contributed by atoms with Crippen molar-refractivity contribution in [3.63, 3.8) is 0 Å². The second-order valence-corrected chi connectivity index (χ2v) is 6.38. The van der Waals surface area contributed by atoms with Gasteiger partial charge in [-0.05, 0) is 27.8 Å². The third kappa shape index (κ3) is 2.79. The quantitative estimate of drug-likeness (QED) is 0.737. The van der Waals surface area contributed by atoms with Gasteiger partial charge in [-0.25, -0.2) is 0 Å². The minimum Gasteiger partial charge on any atom is -0.480 e. The number of rotatable bonds is 5. The molecule has 4 heteroatoms. The largest absolute Gasteiger partial charge is 0.480 e.